The Kier molecular flexibility index (Phi) is 3.27. The van der Waals surface area contributed by atoms with Crippen molar-refractivity contribution in [2.75, 3.05) is 5.32 Å². The lowest BCUT2D eigenvalue weighted by Gasteiger charge is -2.54. The van der Waals surface area contributed by atoms with Crippen LogP contribution in [0.2, 0.25) is 0 Å². The highest BCUT2D eigenvalue weighted by Gasteiger charge is 2.48. The zero-order valence-electron chi connectivity index (χ0n) is 12.0. The summed E-state index contributed by atoms with van der Waals surface area (Å²) >= 11 is 0. The largest absolute Gasteiger partial charge is 0.435 e. The monoisotopic (exact) mass is 293 g/mol. The molecule has 0 spiro atoms. The fourth-order valence-electron chi connectivity index (χ4n) is 5.09. The van der Waals surface area contributed by atoms with Crippen LogP contribution in [0, 0.1) is 23.7 Å². The van der Waals surface area contributed by atoms with Gasteiger partial charge in [-0.25, -0.2) is 0 Å². The lowest BCUT2D eigenvalue weighted by Crippen LogP contribution is -2.51. The van der Waals surface area contributed by atoms with Gasteiger partial charge in [0.2, 0.25) is 0 Å². The summed E-state index contributed by atoms with van der Waals surface area (Å²) in [5, 5.41) is 3.66. The van der Waals surface area contributed by atoms with E-state index in [0.29, 0.717) is 6.04 Å². The highest BCUT2D eigenvalue weighted by atomic mass is 19.3. The zero-order valence-corrected chi connectivity index (χ0v) is 12.0. The molecule has 4 bridgehead atoms. The van der Waals surface area contributed by atoms with Crippen molar-refractivity contribution in [1.82, 2.24) is 0 Å². The second kappa shape index (κ2) is 5.15. The molecule has 1 aromatic carbocycles. The van der Waals surface area contributed by atoms with E-state index in [2.05, 4.69) is 10.1 Å². The Hall–Kier alpha value is -1.32. The summed E-state index contributed by atoms with van der Waals surface area (Å²) in [6.45, 7) is -2.76. The second-order valence-corrected chi connectivity index (χ2v) is 7.00. The van der Waals surface area contributed by atoms with Crippen LogP contribution >= 0.6 is 0 Å². The highest BCUT2D eigenvalue weighted by Crippen LogP contribution is 2.54. The van der Waals surface area contributed by atoms with Crippen molar-refractivity contribution in [3.05, 3.63) is 24.3 Å². The van der Waals surface area contributed by atoms with Gasteiger partial charge in [-0.2, -0.15) is 8.78 Å². The first-order valence-electron chi connectivity index (χ1n) is 7.99. The Labute approximate surface area is 123 Å². The molecule has 0 heterocycles. The molecule has 0 radical (unpaired) electrons. The van der Waals surface area contributed by atoms with Gasteiger partial charge in [-0.3, -0.25) is 0 Å². The molecule has 0 saturated heterocycles. The van der Waals surface area contributed by atoms with Gasteiger partial charge in [0.05, 0.1) is 0 Å². The van der Waals surface area contributed by atoms with Crippen molar-refractivity contribution < 1.29 is 13.5 Å². The maximum atomic E-state index is 12.2. The molecule has 21 heavy (non-hydrogen) atoms. The predicted molar refractivity (Wildman–Crippen MR) is 77.5 cm³/mol. The maximum Gasteiger partial charge on any atom is 0.387 e. The summed E-state index contributed by atoms with van der Waals surface area (Å²) in [7, 11) is 0. The number of anilines is 1. The summed E-state index contributed by atoms with van der Waals surface area (Å²) in [5.41, 5.74) is 1.02. The first kappa shape index (κ1) is 13.4. The van der Waals surface area contributed by atoms with Crippen molar-refractivity contribution in [3.63, 3.8) is 0 Å². The number of alkyl halides is 2. The SMILES string of the molecule is FC(F)Oc1ccc(NC2C3CC4CC(C3)CC2C4)cc1. The Balaban J connectivity index is 1.44. The Morgan fingerprint density at radius 1 is 0.905 bits per heavy atom. The van der Waals surface area contributed by atoms with Crippen LogP contribution in [0.5, 0.6) is 5.75 Å². The van der Waals surface area contributed by atoms with Crippen molar-refractivity contribution >= 4 is 5.69 Å². The molecule has 0 amide bonds. The van der Waals surface area contributed by atoms with E-state index in [1.54, 1.807) is 12.1 Å². The van der Waals surface area contributed by atoms with Gasteiger partial charge in [0.25, 0.3) is 0 Å². The molecule has 0 atom stereocenters. The molecule has 114 valence electrons. The summed E-state index contributed by atoms with van der Waals surface area (Å²) in [6.07, 6.45) is 6.95. The third-order valence-corrected chi connectivity index (χ3v) is 5.64. The molecule has 4 aliphatic carbocycles. The van der Waals surface area contributed by atoms with Crippen LogP contribution in [0.3, 0.4) is 0 Å². The minimum Gasteiger partial charge on any atom is -0.435 e. The Bertz CT molecular complexity index is 474. The Morgan fingerprint density at radius 2 is 1.48 bits per heavy atom. The highest BCUT2D eigenvalue weighted by molar-refractivity contribution is 5.47. The lowest BCUT2D eigenvalue weighted by molar-refractivity contribution is -0.0498. The summed E-state index contributed by atoms with van der Waals surface area (Å²) in [5.74, 6) is 3.76. The first-order valence-corrected chi connectivity index (χ1v) is 7.99. The molecule has 1 N–H and O–H groups in total. The molecule has 4 heteroatoms. The normalized spacial score (nSPS) is 37.0. The van der Waals surface area contributed by atoms with Gasteiger partial charge in [0, 0.05) is 11.7 Å². The van der Waals surface area contributed by atoms with Crippen molar-refractivity contribution in [2.24, 2.45) is 23.7 Å². The molecule has 5 rings (SSSR count). The molecule has 4 fully saturated rings. The van der Waals surface area contributed by atoms with E-state index in [9.17, 15) is 8.78 Å². The van der Waals surface area contributed by atoms with Gasteiger partial charge in [-0.05, 0) is 80.0 Å². The van der Waals surface area contributed by atoms with Crippen LogP contribution in [0.25, 0.3) is 0 Å². The predicted octanol–water partition coefficient (Wildman–Crippen LogP) is 4.52. The Morgan fingerprint density at radius 3 is 2.00 bits per heavy atom. The molecular formula is C17H21F2NO. The van der Waals surface area contributed by atoms with Gasteiger partial charge < -0.3 is 10.1 Å². The van der Waals surface area contributed by atoms with E-state index in [-0.39, 0.29) is 5.75 Å². The number of halogens is 2. The summed E-state index contributed by atoms with van der Waals surface area (Å²) in [6, 6.07) is 7.50. The van der Waals surface area contributed by atoms with Crippen molar-refractivity contribution in [2.45, 2.75) is 44.8 Å². The van der Waals surface area contributed by atoms with E-state index >= 15 is 0 Å². The fourth-order valence-corrected chi connectivity index (χ4v) is 5.09. The van der Waals surface area contributed by atoms with Gasteiger partial charge in [0.15, 0.2) is 0 Å². The van der Waals surface area contributed by atoms with Gasteiger partial charge >= 0.3 is 6.61 Å². The summed E-state index contributed by atoms with van der Waals surface area (Å²) < 4.78 is 28.7. The third-order valence-electron chi connectivity index (χ3n) is 5.64. The van der Waals surface area contributed by atoms with Crippen molar-refractivity contribution in [1.29, 1.82) is 0 Å². The molecule has 2 nitrogen and oxygen atoms in total. The lowest BCUT2D eigenvalue weighted by atomic mass is 9.54. The third kappa shape index (κ3) is 2.60. The molecule has 0 unspecified atom stereocenters. The van der Waals surface area contributed by atoms with Crippen LogP contribution in [-0.2, 0) is 0 Å². The number of nitrogens with one attached hydrogen (secondary N) is 1. The molecule has 0 aromatic heterocycles. The number of hydrogen-bond acceptors (Lipinski definition) is 2. The maximum absolute atomic E-state index is 12.2. The molecule has 4 aliphatic rings. The van der Waals surface area contributed by atoms with E-state index in [0.717, 1.165) is 29.4 Å². The van der Waals surface area contributed by atoms with Gasteiger partial charge in [0.1, 0.15) is 5.75 Å². The smallest absolute Gasteiger partial charge is 0.387 e. The molecular weight excluding hydrogens is 272 g/mol. The number of hydrogen-bond donors (Lipinski definition) is 1. The minimum absolute atomic E-state index is 0.223. The van der Waals surface area contributed by atoms with Crippen LogP contribution in [0.15, 0.2) is 24.3 Å². The van der Waals surface area contributed by atoms with Gasteiger partial charge in [-0.1, -0.05) is 0 Å². The van der Waals surface area contributed by atoms with Crippen LogP contribution in [0.1, 0.15) is 32.1 Å². The van der Waals surface area contributed by atoms with Gasteiger partial charge in [-0.15, -0.1) is 0 Å². The minimum atomic E-state index is -2.76. The van der Waals surface area contributed by atoms with E-state index in [1.165, 1.54) is 32.1 Å². The average molecular weight is 293 g/mol. The molecule has 0 aliphatic heterocycles. The van der Waals surface area contributed by atoms with E-state index < -0.39 is 6.61 Å². The number of rotatable bonds is 4. The average Bonchev–Trinajstić information content (AvgIpc) is 2.43. The van der Waals surface area contributed by atoms with Crippen LogP contribution in [0.4, 0.5) is 14.5 Å². The number of ether oxygens (including phenoxy) is 1. The number of benzene rings is 1. The standard InChI is InChI=1S/C17H21F2NO/c18-17(19)21-15-3-1-14(2-4-15)20-16-12-6-10-5-11(8-12)9-13(16)7-10/h1-4,10-13,16-17,20H,5-9H2. The van der Waals surface area contributed by atoms with E-state index in [4.69, 9.17) is 0 Å². The van der Waals surface area contributed by atoms with Crippen LogP contribution in [-0.4, -0.2) is 12.7 Å². The molecule has 1 aromatic rings. The topological polar surface area (TPSA) is 21.3 Å². The summed E-state index contributed by atoms with van der Waals surface area (Å²) in [4.78, 5) is 0. The van der Waals surface area contributed by atoms with Crippen molar-refractivity contribution in [3.8, 4) is 5.75 Å². The fraction of sp³-hybridized carbons (Fsp3) is 0.647. The molecule has 4 saturated carbocycles. The van der Waals surface area contributed by atoms with E-state index in [1.807, 2.05) is 12.1 Å². The van der Waals surface area contributed by atoms with Crippen LogP contribution < -0.4 is 10.1 Å². The first-order chi connectivity index (χ1) is 10.2. The second-order valence-electron chi connectivity index (χ2n) is 7.00. The zero-order chi connectivity index (χ0) is 14.4. The quantitative estimate of drug-likeness (QED) is 0.881.